The number of hydrogen-bond acceptors (Lipinski definition) is 4. The van der Waals surface area contributed by atoms with Crippen LogP contribution in [0, 0.1) is 0 Å². The molecule has 0 bridgehead atoms. The van der Waals surface area contributed by atoms with Crippen LogP contribution in [0.2, 0.25) is 0 Å². The summed E-state index contributed by atoms with van der Waals surface area (Å²) >= 11 is 5.59. The van der Waals surface area contributed by atoms with E-state index in [2.05, 4.69) is 205 Å². The minimum Gasteiger partial charge on any atom is -0.311 e. The van der Waals surface area contributed by atoms with E-state index >= 15 is 0 Å². The van der Waals surface area contributed by atoms with Gasteiger partial charge < -0.3 is 4.90 Å². The van der Waals surface area contributed by atoms with Crippen LogP contribution >= 0.6 is 34.0 Å². The van der Waals surface area contributed by atoms with E-state index in [1.807, 2.05) is 34.0 Å². The van der Waals surface area contributed by atoms with Gasteiger partial charge in [-0.2, -0.15) is 0 Å². The minimum absolute atomic E-state index is 1.12. The first-order chi connectivity index (χ1) is 28.7. The smallest absolute Gasteiger partial charge is 0.0462 e. The SMILES string of the molecule is c1ccc2c(c1)ccc1sc(-c3ccc(N(c4ccc(-c5cc6c(ccc7ccccc76)s5)cc4)c4ccc(-c5cc6c(ccc7ccccc76)s5)cc4)cc3)cc12. The Hall–Kier alpha value is -6.56. The number of nitrogens with zero attached hydrogens (tertiary/aromatic N) is 1. The molecule has 0 aliphatic carbocycles. The zero-order valence-electron chi connectivity index (χ0n) is 31.2. The van der Waals surface area contributed by atoms with Crippen molar-refractivity contribution in [3.8, 4) is 31.3 Å². The molecular formula is C54H33NS3. The van der Waals surface area contributed by atoms with Crippen LogP contribution < -0.4 is 4.90 Å². The normalized spacial score (nSPS) is 11.8. The van der Waals surface area contributed by atoms with Gasteiger partial charge in [0.2, 0.25) is 0 Å². The van der Waals surface area contributed by atoms with Crippen LogP contribution in [-0.2, 0) is 0 Å². The molecule has 0 aliphatic heterocycles. The highest BCUT2D eigenvalue weighted by Crippen LogP contribution is 2.43. The Balaban J connectivity index is 0.925. The van der Waals surface area contributed by atoms with Gasteiger partial charge in [-0.25, -0.2) is 0 Å². The van der Waals surface area contributed by atoms with Crippen molar-refractivity contribution in [3.05, 3.63) is 200 Å². The number of anilines is 3. The van der Waals surface area contributed by atoms with E-state index in [1.165, 1.54) is 93.9 Å². The summed E-state index contributed by atoms with van der Waals surface area (Å²) in [6.07, 6.45) is 0. The van der Waals surface area contributed by atoms with Gasteiger partial charge in [-0.15, -0.1) is 34.0 Å². The van der Waals surface area contributed by atoms with Gasteiger partial charge in [-0.05, 0) is 122 Å². The number of rotatable bonds is 6. The van der Waals surface area contributed by atoms with Gasteiger partial charge in [0.05, 0.1) is 0 Å². The van der Waals surface area contributed by atoms with E-state index in [9.17, 15) is 0 Å². The van der Waals surface area contributed by atoms with Gasteiger partial charge in [0.15, 0.2) is 0 Å². The molecule has 4 heteroatoms. The summed E-state index contributed by atoms with van der Waals surface area (Å²) in [5.41, 5.74) is 7.06. The lowest BCUT2D eigenvalue weighted by molar-refractivity contribution is 1.28. The third kappa shape index (κ3) is 5.64. The maximum Gasteiger partial charge on any atom is 0.0462 e. The van der Waals surface area contributed by atoms with Crippen LogP contribution in [0.5, 0.6) is 0 Å². The average molecular weight is 792 g/mol. The molecule has 1 nitrogen and oxygen atoms in total. The molecule has 0 amide bonds. The monoisotopic (exact) mass is 791 g/mol. The topological polar surface area (TPSA) is 3.24 Å². The Morgan fingerprint density at radius 1 is 0.259 bits per heavy atom. The first-order valence-corrected chi connectivity index (χ1v) is 22.0. The van der Waals surface area contributed by atoms with Crippen LogP contribution in [0.25, 0.3) is 93.9 Å². The minimum atomic E-state index is 1.12. The quantitative estimate of drug-likeness (QED) is 0.162. The molecule has 0 unspecified atom stereocenters. The molecular weight excluding hydrogens is 759 g/mol. The second-order valence-electron chi connectivity index (χ2n) is 14.9. The van der Waals surface area contributed by atoms with Crippen LogP contribution in [-0.4, -0.2) is 0 Å². The Kier molecular flexibility index (Phi) is 7.83. The number of thiophene rings is 3. The van der Waals surface area contributed by atoms with Crippen molar-refractivity contribution in [2.45, 2.75) is 0 Å². The highest BCUT2D eigenvalue weighted by Gasteiger charge is 2.16. The molecule has 0 atom stereocenters. The fourth-order valence-corrected chi connectivity index (χ4v) is 11.8. The molecule has 12 aromatic rings. The van der Waals surface area contributed by atoms with Gasteiger partial charge in [0.1, 0.15) is 0 Å². The lowest BCUT2D eigenvalue weighted by Gasteiger charge is -2.26. The summed E-state index contributed by atoms with van der Waals surface area (Å²) in [6.45, 7) is 0. The Morgan fingerprint density at radius 3 is 0.862 bits per heavy atom. The van der Waals surface area contributed by atoms with Crippen LogP contribution in [0.4, 0.5) is 17.1 Å². The highest BCUT2D eigenvalue weighted by atomic mass is 32.1. The van der Waals surface area contributed by atoms with E-state index in [0.29, 0.717) is 0 Å². The molecule has 58 heavy (non-hydrogen) atoms. The molecule has 0 saturated carbocycles. The van der Waals surface area contributed by atoms with E-state index < -0.39 is 0 Å². The van der Waals surface area contributed by atoms with Crippen molar-refractivity contribution in [2.24, 2.45) is 0 Å². The summed E-state index contributed by atoms with van der Waals surface area (Å²) < 4.78 is 3.95. The fraction of sp³-hybridized carbons (Fsp3) is 0. The van der Waals surface area contributed by atoms with E-state index in [-0.39, 0.29) is 0 Å². The molecule has 0 N–H and O–H groups in total. The van der Waals surface area contributed by atoms with Gasteiger partial charge >= 0.3 is 0 Å². The molecule has 3 aromatic heterocycles. The van der Waals surface area contributed by atoms with Gasteiger partial charge in [0.25, 0.3) is 0 Å². The van der Waals surface area contributed by atoms with Gasteiger partial charge in [0, 0.05) is 62.0 Å². The first kappa shape index (κ1) is 33.6. The molecule has 0 fully saturated rings. The predicted molar refractivity (Wildman–Crippen MR) is 256 cm³/mol. The second kappa shape index (κ2) is 13.5. The summed E-state index contributed by atoms with van der Waals surface area (Å²) in [5.74, 6) is 0. The molecule has 3 heterocycles. The van der Waals surface area contributed by atoms with E-state index in [1.54, 1.807) is 0 Å². The van der Waals surface area contributed by atoms with Crippen molar-refractivity contribution in [2.75, 3.05) is 4.90 Å². The standard InChI is InChI=1S/C54H33NS3/c1-4-10-43-34(7-1)19-28-49-46(43)31-52(56-49)37-13-22-40(23-14-37)55(41-24-15-38(16-25-41)53-32-47-44-11-5-2-8-35(44)20-29-50(47)57-53)42-26-17-39(18-27-42)54-33-48-45-12-6-3-9-36(45)21-30-51(48)58-54/h1-33H. The lowest BCUT2D eigenvalue weighted by atomic mass is 10.0. The maximum absolute atomic E-state index is 2.38. The Bertz CT molecular complexity index is 3120. The van der Waals surface area contributed by atoms with Gasteiger partial charge in [-0.3, -0.25) is 0 Å². The first-order valence-electron chi connectivity index (χ1n) is 19.6. The molecule has 0 aliphatic rings. The zero-order valence-corrected chi connectivity index (χ0v) is 33.7. The van der Waals surface area contributed by atoms with E-state index in [4.69, 9.17) is 0 Å². The molecule has 9 aromatic carbocycles. The number of hydrogen-bond donors (Lipinski definition) is 0. The van der Waals surface area contributed by atoms with E-state index in [0.717, 1.165) is 17.1 Å². The molecule has 12 rings (SSSR count). The van der Waals surface area contributed by atoms with Crippen molar-refractivity contribution >= 4 is 114 Å². The number of benzene rings is 9. The third-order valence-corrected chi connectivity index (χ3v) is 15.0. The average Bonchev–Trinajstić information content (AvgIpc) is 4.05. The van der Waals surface area contributed by atoms with Gasteiger partial charge in [-0.1, -0.05) is 127 Å². The number of fused-ring (bicyclic) bond motifs is 9. The summed E-state index contributed by atoms with van der Waals surface area (Å²) in [7, 11) is 0. The maximum atomic E-state index is 2.38. The lowest BCUT2D eigenvalue weighted by Crippen LogP contribution is -2.09. The predicted octanol–water partition coefficient (Wildman–Crippen LogP) is 17.3. The Labute approximate surface area is 347 Å². The highest BCUT2D eigenvalue weighted by molar-refractivity contribution is 7.23. The summed E-state index contributed by atoms with van der Waals surface area (Å²) in [5, 5.41) is 11.7. The second-order valence-corrected chi connectivity index (χ2v) is 18.2. The largest absolute Gasteiger partial charge is 0.311 e. The third-order valence-electron chi connectivity index (χ3n) is 11.5. The Morgan fingerprint density at radius 2 is 0.552 bits per heavy atom. The van der Waals surface area contributed by atoms with Crippen molar-refractivity contribution in [3.63, 3.8) is 0 Å². The molecule has 272 valence electrons. The molecule has 0 spiro atoms. The van der Waals surface area contributed by atoms with Crippen LogP contribution in [0.15, 0.2) is 200 Å². The zero-order chi connectivity index (χ0) is 38.2. The van der Waals surface area contributed by atoms with Crippen LogP contribution in [0.1, 0.15) is 0 Å². The summed E-state index contributed by atoms with van der Waals surface area (Å²) in [4.78, 5) is 6.23. The summed E-state index contributed by atoms with van der Waals surface area (Å²) in [6, 6.07) is 73.9. The fourth-order valence-electron chi connectivity index (χ4n) is 8.58. The van der Waals surface area contributed by atoms with Crippen molar-refractivity contribution in [1.82, 2.24) is 0 Å². The van der Waals surface area contributed by atoms with Crippen molar-refractivity contribution < 1.29 is 0 Å². The van der Waals surface area contributed by atoms with Crippen LogP contribution in [0.3, 0.4) is 0 Å². The van der Waals surface area contributed by atoms with Crippen molar-refractivity contribution in [1.29, 1.82) is 0 Å². The molecule has 0 radical (unpaired) electrons. The molecule has 0 saturated heterocycles.